The summed E-state index contributed by atoms with van der Waals surface area (Å²) in [5.41, 5.74) is 7.94. The number of benzene rings is 2. The third-order valence-corrected chi connectivity index (χ3v) is 5.51. The minimum absolute atomic E-state index is 0.205. The lowest BCUT2D eigenvalue weighted by atomic mass is 10.1. The van der Waals surface area contributed by atoms with Gasteiger partial charge >= 0.3 is 0 Å². The van der Waals surface area contributed by atoms with Gasteiger partial charge in [-0.3, -0.25) is 9.69 Å². The summed E-state index contributed by atoms with van der Waals surface area (Å²) in [7, 11) is 2.11. The highest BCUT2D eigenvalue weighted by Crippen LogP contribution is 2.29. The van der Waals surface area contributed by atoms with E-state index in [1.165, 1.54) is 5.56 Å². The first kappa shape index (κ1) is 21.4. The van der Waals surface area contributed by atoms with E-state index in [1.807, 2.05) is 13.0 Å². The lowest BCUT2D eigenvalue weighted by Crippen LogP contribution is -2.55. The zero-order valence-electron chi connectivity index (χ0n) is 17.0. The van der Waals surface area contributed by atoms with Gasteiger partial charge in [-0.1, -0.05) is 41.9 Å². The van der Waals surface area contributed by atoms with Crippen molar-refractivity contribution in [2.45, 2.75) is 19.5 Å². The monoisotopic (exact) mass is 416 g/mol. The van der Waals surface area contributed by atoms with Crippen LogP contribution in [0, 0.1) is 0 Å². The summed E-state index contributed by atoms with van der Waals surface area (Å²) in [6, 6.07) is 13.8. The Kier molecular flexibility index (Phi) is 7.36. The molecule has 6 nitrogen and oxygen atoms in total. The standard InChI is InChI=1S/C22H29ClN4O2/c1-3-29-21-12-20(24)19(23)11-18(21)22(28)25-13-17-15-26(2)9-10-27(17)14-16-7-5-4-6-8-16/h4-8,11-12,17H,3,9-10,13-15,24H2,1-2H3,(H,25,28). The lowest BCUT2D eigenvalue weighted by Gasteiger charge is -2.40. The molecule has 0 radical (unpaired) electrons. The molecule has 0 aromatic heterocycles. The average molecular weight is 417 g/mol. The van der Waals surface area contributed by atoms with Gasteiger partial charge < -0.3 is 20.7 Å². The Hall–Kier alpha value is -2.28. The maximum absolute atomic E-state index is 12.9. The first-order valence-electron chi connectivity index (χ1n) is 9.94. The quantitative estimate of drug-likeness (QED) is 0.679. The fourth-order valence-corrected chi connectivity index (χ4v) is 3.76. The van der Waals surface area contributed by atoms with Gasteiger partial charge in [-0.05, 0) is 25.6 Å². The number of hydrogen-bond donors (Lipinski definition) is 2. The normalized spacial score (nSPS) is 17.8. The Bertz CT molecular complexity index is 831. The summed E-state index contributed by atoms with van der Waals surface area (Å²) in [5, 5.41) is 3.41. The highest BCUT2D eigenvalue weighted by atomic mass is 35.5. The number of nitrogens with zero attached hydrogens (tertiary/aromatic N) is 2. The van der Waals surface area contributed by atoms with Crippen molar-refractivity contribution in [3.63, 3.8) is 0 Å². The van der Waals surface area contributed by atoms with Crippen molar-refractivity contribution in [1.29, 1.82) is 0 Å². The van der Waals surface area contributed by atoms with E-state index in [2.05, 4.69) is 46.4 Å². The van der Waals surface area contributed by atoms with E-state index in [9.17, 15) is 4.79 Å². The summed E-state index contributed by atoms with van der Waals surface area (Å²) in [6.07, 6.45) is 0. The molecular weight excluding hydrogens is 388 g/mol. The maximum Gasteiger partial charge on any atom is 0.255 e. The summed E-state index contributed by atoms with van der Waals surface area (Å²) in [6.45, 7) is 6.60. The number of piperazine rings is 1. The van der Waals surface area contributed by atoms with Gasteiger partial charge in [-0.2, -0.15) is 0 Å². The van der Waals surface area contributed by atoms with Crippen LogP contribution in [0.3, 0.4) is 0 Å². The molecule has 0 bridgehead atoms. The van der Waals surface area contributed by atoms with Gasteiger partial charge in [-0.15, -0.1) is 0 Å². The van der Waals surface area contributed by atoms with Crippen molar-refractivity contribution in [2.75, 3.05) is 45.6 Å². The van der Waals surface area contributed by atoms with Crippen molar-refractivity contribution < 1.29 is 9.53 Å². The molecule has 156 valence electrons. The second-order valence-corrected chi connectivity index (χ2v) is 7.79. The van der Waals surface area contributed by atoms with Crippen LogP contribution in [0.2, 0.25) is 5.02 Å². The van der Waals surface area contributed by atoms with E-state index < -0.39 is 0 Å². The summed E-state index contributed by atoms with van der Waals surface area (Å²) >= 11 is 6.14. The molecule has 7 heteroatoms. The van der Waals surface area contributed by atoms with Crippen LogP contribution in [-0.4, -0.2) is 61.6 Å². The Labute approximate surface area is 177 Å². The minimum Gasteiger partial charge on any atom is -0.493 e. The van der Waals surface area contributed by atoms with Crippen molar-refractivity contribution in [2.24, 2.45) is 0 Å². The van der Waals surface area contributed by atoms with Crippen LogP contribution in [-0.2, 0) is 6.54 Å². The average Bonchev–Trinajstić information content (AvgIpc) is 2.71. The molecule has 1 aliphatic rings. The Balaban J connectivity index is 1.69. The summed E-state index contributed by atoms with van der Waals surface area (Å²) in [4.78, 5) is 17.6. The number of halogens is 1. The molecule has 0 spiro atoms. The smallest absolute Gasteiger partial charge is 0.255 e. The molecule has 29 heavy (non-hydrogen) atoms. The molecule has 1 atom stereocenters. The molecule has 1 fully saturated rings. The zero-order valence-corrected chi connectivity index (χ0v) is 17.8. The predicted octanol–water partition coefficient (Wildman–Crippen LogP) is 2.87. The zero-order chi connectivity index (χ0) is 20.8. The number of likely N-dealkylation sites (N-methyl/N-ethyl adjacent to an activating group) is 1. The van der Waals surface area contributed by atoms with Gasteiger partial charge in [0.2, 0.25) is 0 Å². The van der Waals surface area contributed by atoms with Crippen LogP contribution in [0.4, 0.5) is 5.69 Å². The Morgan fingerprint density at radius 2 is 2.03 bits per heavy atom. The van der Waals surface area contributed by atoms with Crippen molar-refractivity contribution in [1.82, 2.24) is 15.1 Å². The van der Waals surface area contributed by atoms with E-state index >= 15 is 0 Å². The van der Waals surface area contributed by atoms with Crippen LogP contribution in [0.25, 0.3) is 0 Å². The third-order valence-electron chi connectivity index (χ3n) is 5.18. The largest absolute Gasteiger partial charge is 0.493 e. The molecular formula is C22H29ClN4O2. The number of ether oxygens (including phenoxy) is 1. The highest BCUT2D eigenvalue weighted by Gasteiger charge is 2.26. The van der Waals surface area contributed by atoms with Gasteiger partial charge in [0, 0.05) is 44.8 Å². The number of nitrogen functional groups attached to an aromatic ring is 1. The molecule has 3 rings (SSSR count). The van der Waals surface area contributed by atoms with E-state index in [0.29, 0.717) is 35.2 Å². The number of nitrogens with two attached hydrogens (primary N) is 1. The number of hydrogen-bond acceptors (Lipinski definition) is 5. The first-order valence-corrected chi connectivity index (χ1v) is 10.3. The van der Waals surface area contributed by atoms with E-state index in [-0.39, 0.29) is 11.9 Å². The molecule has 2 aromatic rings. The minimum atomic E-state index is -0.205. The van der Waals surface area contributed by atoms with Crippen LogP contribution in [0.1, 0.15) is 22.8 Å². The number of carbonyl (C=O) groups excluding carboxylic acids is 1. The number of nitrogens with one attached hydrogen (secondary N) is 1. The SMILES string of the molecule is CCOc1cc(N)c(Cl)cc1C(=O)NCC1CN(C)CCN1Cc1ccccc1. The first-order chi connectivity index (χ1) is 14.0. The second-order valence-electron chi connectivity index (χ2n) is 7.39. The highest BCUT2D eigenvalue weighted by molar-refractivity contribution is 6.33. The topological polar surface area (TPSA) is 70.8 Å². The predicted molar refractivity (Wildman–Crippen MR) is 118 cm³/mol. The molecule has 1 heterocycles. The number of anilines is 1. The molecule has 1 unspecified atom stereocenters. The van der Waals surface area contributed by atoms with Crippen molar-refractivity contribution >= 4 is 23.2 Å². The fourth-order valence-electron chi connectivity index (χ4n) is 3.60. The molecule has 1 saturated heterocycles. The molecule has 3 N–H and O–H groups in total. The number of rotatable bonds is 7. The second kappa shape index (κ2) is 9.96. The lowest BCUT2D eigenvalue weighted by molar-refractivity contribution is 0.0754. The van der Waals surface area contributed by atoms with Crippen LogP contribution in [0.15, 0.2) is 42.5 Å². The van der Waals surface area contributed by atoms with Gasteiger partial charge in [-0.25, -0.2) is 0 Å². The molecule has 1 amide bonds. The van der Waals surface area contributed by atoms with E-state index in [4.69, 9.17) is 22.1 Å². The summed E-state index contributed by atoms with van der Waals surface area (Å²) in [5.74, 6) is 0.247. The Morgan fingerprint density at radius 3 is 2.76 bits per heavy atom. The van der Waals surface area contributed by atoms with Gasteiger partial charge in [0.25, 0.3) is 5.91 Å². The number of carbonyl (C=O) groups is 1. The molecule has 0 aliphatic carbocycles. The van der Waals surface area contributed by atoms with Crippen LogP contribution in [0.5, 0.6) is 5.75 Å². The van der Waals surface area contributed by atoms with E-state index in [1.54, 1.807) is 12.1 Å². The molecule has 1 aliphatic heterocycles. The van der Waals surface area contributed by atoms with Crippen LogP contribution < -0.4 is 15.8 Å². The van der Waals surface area contributed by atoms with Gasteiger partial charge in [0.1, 0.15) is 5.75 Å². The fraction of sp³-hybridized carbons (Fsp3) is 0.409. The third kappa shape index (κ3) is 5.63. The Morgan fingerprint density at radius 1 is 1.28 bits per heavy atom. The molecule has 2 aromatic carbocycles. The number of amides is 1. The molecule has 0 saturated carbocycles. The van der Waals surface area contributed by atoms with Gasteiger partial charge in [0.05, 0.1) is 22.9 Å². The van der Waals surface area contributed by atoms with Crippen molar-refractivity contribution in [3.05, 3.63) is 58.6 Å². The summed E-state index contributed by atoms with van der Waals surface area (Å²) < 4.78 is 5.58. The van der Waals surface area contributed by atoms with Crippen molar-refractivity contribution in [3.8, 4) is 5.75 Å². The van der Waals surface area contributed by atoms with Crippen LogP contribution >= 0.6 is 11.6 Å². The van der Waals surface area contributed by atoms with E-state index in [0.717, 1.165) is 26.2 Å². The van der Waals surface area contributed by atoms with Gasteiger partial charge in [0.15, 0.2) is 0 Å². The maximum atomic E-state index is 12.9.